The van der Waals surface area contributed by atoms with Crippen molar-refractivity contribution < 1.29 is 4.79 Å². The molecule has 0 radical (unpaired) electrons. The molecule has 1 heterocycles. The highest BCUT2D eigenvalue weighted by Crippen LogP contribution is 2.28. The summed E-state index contributed by atoms with van der Waals surface area (Å²) in [5, 5.41) is 3.85. The van der Waals surface area contributed by atoms with Crippen LogP contribution in [-0.4, -0.2) is 32.6 Å². The predicted octanol–water partition coefficient (Wildman–Crippen LogP) is 1.87. The van der Waals surface area contributed by atoms with E-state index >= 15 is 0 Å². The quantitative estimate of drug-likeness (QED) is 0.886. The second kappa shape index (κ2) is 6.26. The van der Waals surface area contributed by atoms with Gasteiger partial charge in [-0.15, -0.1) is 0 Å². The van der Waals surface area contributed by atoms with Gasteiger partial charge < -0.3 is 16.0 Å². The number of nitrogens with zero attached hydrogens (tertiary/aromatic N) is 1. The third-order valence-electron chi connectivity index (χ3n) is 3.67. The van der Waals surface area contributed by atoms with Crippen molar-refractivity contribution in [1.29, 1.82) is 0 Å². The molecule has 0 bridgehead atoms. The average molecular weight is 282 g/mol. The van der Waals surface area contributed by atoms with Crippen LogP contribution in [0.15, 0.2) is 18.2 Å². The lowest BCUT2D eigenvalue weighted by molar-refractivity contribution is 0.100. The normalized spacial score (nSPS) is 16.6. The van der Waals surface area contributed by atoms with Crippen LogP contribution in [0.3, 0.4) is 0 Å². The van der Waals surface area contributed by atoms with E-state index in [1.807, 2.05) is 13.1 Å². The lowest BCUT2D eigenvalue weighted by atomic mass is 9.96. The molecule has 0 aromatic heterocycles. The zero-order chi connectivity index (χ0) is 13.8. The highest BCUT2D eigenvalue weighted by atomic mass is 35.5. The van der Waals surface area contributed by atoms with Crippen molar-refractivity contribution in [3.8, 4) is 0 Å². The number of benzene rings is 1. The van der Waals surface area contributed by atoms with Crippen molar-refractivity contribution in [3.05, 3.63) is 28.8 Å². The van der Waals surface area contributed by atoms with Crippen LogP contribution in [0.2, 0.25) is 5.02 Å². The third kappa shape index (κ3) is 3.39. The van der Waals surface area contributed by atoms with Crippen molar-refractivity contribution in [2.45, 2.75) is 12.8 Å². The maximum absolute atomic E-state index is 11.5. The SMILES string of the molecule is CNCC1CCN(c2cc(Cl)ccc2C(N)=O)CC1. The molecule has 1 aromatic rings. The topological polar surface area (TPSA) is 58.4 Å². The Morgan fingerprint density at radius 1 is 1.47 bits per heavy atom. The molecule has 1 fully saturated rings. The van der Waals surface area contributed by atoms with E-state index in [4.69, 9.17) is 17.3 Å². The number of halogens is 1. The first-order valence-corrected chi connectivity index (χ1v) is 6.98. The molecule has 19 heavy (non-hydrogen) atoms. The molecule has 0 atom stereocenters. The smallest absolute Gasteiger partial charge is 0.250 e. The summed E-state index contributed by atoms with van der Waals surface area (Å²) < 4.78 is 0. The molecular weight excluding hydrogens is 262 g/mol. The summed E-state index contributed by atoms with van der Waals surface area (Å²) in [6.07, 6.45) is 2.23. The number of hydrogen-bond acceptors (Lipinski definition) is 3. The highest BCUT2D eigenvalue weighted by molar-refractivity contribution is 6.31. The first-order chi connectivity index (χ1) is 9.11. The largest absolute Gasteiger partial charge is 0.371 e. The summed E-state index contributed by atoms with van der Waals surface area (Å²) in [6.45, 7) is 2.92. The number of amides is 1. The molecule has 1 aromatic carbocycles. The molecule has 5 heteroatoms. The van der Waals surface area contributed by atoms with E-state index in [-0.39, 0.29) is 0 Å². The van der Waals surface area contributed by atoms with Gasteiger partial charge in [0.05, 0.1) is 11.3 Å². The van der Waals surface area contributed by atoms with Gasteiger partial charge in [-0.3, -0.25) is 4.79 Å². The molecule has 0 spiro atoms. The van der Waals surface area contributed by atoms with Crippen molar-refractivity contribution in [1.82, 2.24) is 5.32 Å². The average Bonchev–Trinajstić information content (AvgIpc) is 2.39. The fourth-order valence-corrected chi connectivity index (χ4v) is 2.81. The standard InChI is InChI=1S/C14H20ClN3O/c1-17-9-10-4-6-18(7-5-10)13-8-11(15)2-3-12(13)14(16)19/h2-3,8,10,17H,4-7,9H2,1H3,(H2,16,19). The van der Waals surface area contributed by atoms with Gasteiger partial charge in [0.15, 0.2) is 0 Å². The zero-order valence-electron chi connectivity index (χ0n) is 11.2. The number of piperidine rings is 1. The van der Waals surface area contributed by atoms with Gasteiger partial charge in [0.1, 0.15) is 0 Å². The number of nitrogens with one attached hydrogen (secondary N) is 1. The van der Waals surface area contributed by atoms with E-state index in [0.29, 0.717) is 16.5 Å². The Labute approximate surface area is 118 Å². The molecule has 1 aliphatic rings. The molecule has 0 saturated carbocycles. The van der Waals surface area contributed by atoms with Gasteiger partial charge in [0.25, 0.3) is 5.91 Å². The van der Waals surface area contributed by atoms with E-state index in [9.17, 15) is 4.79 Å². The molecule has 1 amide bonds. The number of primary amides is 1. The molecule has 1 aliphatic heterocycles. The summed E-state index contributed by atoms with van der Waals surface area (Å²) >= 11 is 6.03. The van der Waals surface area contributed by atoms with E-state index in [1.165, 1.54) is 0 Å². The van der Waals surface area contributed by atoms with E-state index in [2.05, 4.69) is 10.2 Å². The van der Waals surface area contributed by atoms with E-state index in [0.717, 1.165) is 38.2 Å². The lowest BCUT2D eigenvalue weighted by Gasteiger charge is -2.34. The van der Waals surface area contributed by atoms with Crippen LogP contribution in [0.1, 0.15) is 23.2 Å². The Balaban J connectivity index is 2.14. The van der Waals surface area contributed by atoms with Gasteiger partial charge in [0.2, 0.25) is 0 Å². The number of carbonyl (C=O) groups is 1. The molecule has 3 N–H and O–H groups in total. The minimum absolute atomic E-state index is 0.399. The molecule has 2 rings (SSSR count). The number of hydrogen-bond donors (Lipinski definition) is 2. The van der Waals surface area contributed by atoms with Crippen LogP contribution >= 0.6 is 11.6 Å². The number of carbonyl (C=O) groups excluding carboxylic acids is 1. The fourth-order valence-electron chi connectivity index (χ4n) is 2.64. The molecular formula is C14H20ClN3O. The molecule has 0 unspecified atom stereocenters. The van der Waals surface area contributed by atoms with Crippen LogP contribution in [0.5, 0.6) is 0 Å². The zero-order valence-corrected chi connectivity index (χ0v) is 11.9. The van der Waals surface area contributed by atoms with Crippen molar-refractivity contribution in [2.75, 3.05) is 31.6 Å². The summed E-state index contributed by atoms with van der Waals surface area (Å²) in [4.78, 5) is 13.7. The minimum atomic E-state index is -0.399. The number of nitrogens with two attached hydrogens (primary N) is 1. The van der Waals surface area contributed by atoms with Gasteiger partial charge in [-0.2, -0.15) is 0 Å². The minimum Gasteiger partial charge on any atom is -0.371 e. The van der Waals surface area contributed by atoms with Crippen LogP contribution < -0.4 is 16.0 Å². The second-order valence-electron chi connectivity index (χ2n) is 5.01. The van der Waals surface area contributed by atoms with Gasteiger partial charge in [-0.05, 0) is 50.6 Å². The Morgan fingerprint density at radius 2 is 2.16 bits per heavy atom. The maximum atomic E-state index is 11.5. The van der Waals surface area contributed by atoms with Crippen molar-refractivity contribution >= 4 is 23.2 Å². The number of rotatable bonds is 4. The predicted molar refractivity (Wildman–Crippen MR) is 78.8 cm³/mol. The first-order valence-electron chi connectivity index (χ1n) is 6.60. The number of anilines is 1. The lowest BCUT2D eigenvalue weighted by Crippen LogP contribution is -2.37. The summed E-state index contributed by atoms with van der Waals surface area (Å²) in [6, 6.07) is 5.25. The van der Waals surface area contributed by atoms with Gasteiger partial charge >= 0.3 is 0 Å². The second-order valence-corrected chi connectivity index (χ2v) is 5.45. The van der Waals surface area contributed by atoms with E-state index in [1.54, 1.807) is 12.1 Å². The maximum Gasteiger partial charge on any atom is 0.250 e. The van der Waals surface area contributed by atoms with Gasteiger partial charge in [-0.1, -0.05) is 11.6 Å². The first kappa shape index (κ1) is 14.2. The Kier molecular flexibility index (Phi) is 4.66. The summed E-state index contributed by atoms with van der Waals surface area (Å²) in [5.41, 5.74) is 6.84. The van der Waals surface area contributed by atoms with Gasteiger partial charge in [-0.25, -0.2) is 0 Å². The Bertz CT molecular complexity index is 456. The third-order valence-corrected chi connectivity index (χ3v) is 3.91. The highest BCUT2D eigenvalue weighted by Gasteiger charge is 2.22. The van der Waals surface area contributed by atoms with Gasteiger partial charge in [0, 0.05) is 18.1 Å². The fraction of sp³-hybridized carbons (Fsp3) is 0.500. The molecule has 4 nitrogen and oxygen atoms in total. The van der Waals surface area contributed by atoms with E-state index < -0.39 is 5.91 Å². The monoisotopic (exact) mass is 281 g/mol. The summed E-state index contributed by atoms with van der Waals surface area (Å²) in [7, 11) is 1.98. The molecule has 0 aliphatic carbocycles. The molecule has 104 valence electrons. The van der Waals surface area contributed by atoms with Crippen LogP contribution in [0.4, 0.5) is 5.69 Å². The molecule has 1 saturated heterocycles. The van der Waals surface area contributed by atoms with Crippen LogP contribution in [0.25, 0.3) is 0 Å². The van der Waals surface area contributed by atoms with Crippen LogP contribution in [0, 0.1) is 5.92 Å². The van der Waals surface area contributed by atoms with Crippen molar-refractivity contribution in [2.24, 2.45) is 11.7 Å². The Hall–Kier alpha value is -1.26. The van der Waals surface area contributed by atoms with Crippen LogP contribution in [-0.2, 0) is 0 Å². The van der Waals surface area contributed by atoms with Crippen molar-refractivity contribution in [3.63, 3.8) is 0 Å². The Morgan fingerprint density at radius 3 is 2.74 bits per heavy atom. The summed E-state index contributed by atoms with van der Waals surface area (Å²) in [5.74, 6) is 0.307.